The molecule has 0 saturated heterocycles. The van der Waals surface area contributed by atoms with Gasteiger partial charge in [0, 0.05) is 23.7 Å². The van der Waals surface area contributed by atoms with Crippen molar-refractivity contribution in [3.8, 4) is 5.75 Å². The van der Waals surface area contributed by atoms with Crippen LogP contribution in [0.15, 0.2) is 54.9 Å². The van der Waals surface area contributed by atoms with E-state index in [0.29, 0.717) is 29.4 Å². The van der Waals surface area contributed by atoms with E-state index in [1.165, 1.54) is 12.0 Å². The lowest BCUT2D eigenvalue weighted by Gasteiger charge is -2.24. The molecule has 2 aromatic carbocycles. The van der Waals surface area contributed by atoms with Crippen molar-refractivity contribution in [1.82, 2.24) is 19.9 Å². The fourth-order valence-corrected chi connectivity index (χ4v) is 4.75. The second-order valence-electron chi connectivity index (χ2n) is 9.81. The van der Waals surface area contributed by atoms with Crippen molar-refractivity contribution < 1.29 is 23.9 Å². The van der Waals surface area contributed by atoms with Crippen LogP contribution in [0, 0.1) is 5.92 Å². The zero-order valence-corrected chi connectivity index (χ0v) is 21.9. The van der Waals surface area contributed by atoms with Gasteiger partial charge in [-0.05, 0) is 42.0 Å². The van der Waals surface area contributed by atoms with Crippen LogP contribution in [0.1, 0.15) is 66.2 Å². The number of fused-ring (bicyclic) bond motifs is 1. The molecule has 3 aromatic rings. The molecule has 2 N–H and O–H groups in total. The van der Waals surface area contributed by atoms with E-state index in [9.17, 15) is 14.4 Å². The summed E-state index contributed by atoms with van der Waals surface area (Å²) < 4.78 is 12.7. The third-order valence-corrected chi connectivity index (χ3v) is 6.72. The van der Waals surface area contributed by atoms with E-state index in [2.05, 4.69) is 41.0 Å². The van der Waals surface area contributed by atoms with Gasteiger partial charge in [-0.2, -0.15) is 0 Å². The van der Waals surface area contributed by atoms with Gasteiger partial charge in [0.2, 0.25) is 5.91 Å². The van der Waals surface area contributed by atoms with Crippen molar-refractivity contribution in [3.63, 3.8) is 0 Å². The number of carbonyl (C=O) groups is 3. The predicted octanol–water partition coefficient (Wildman–Crippen LogP) is 3.26. The summed E-state index contributed by atoms with van der Waals surface area (Å²) in [6.45, 7) is 4.85. The van der Waals surface area contributed by atoms with Crippen molar-refractivity contribution in [3.05, 3.63) is 77.1 Å². The lowest BCUT2D eigenvalue weighted by molar-refractivity contribution is -0.141. The highest BCUT2D eigenvalue weighted by atomic mass is 16.5. The standard InChI is InChI=1S/C28H33N5O5/c1-18(2)15-24(33-14-13-30-31-33)20-9-7-19(8-10-20)17-38-25-6-4-5-21-22(25)16-32(28(21)36)23(27(29)35)11-12-26(34)37-3/h4-10,13-14,18,23-24H,11-12,15-17H2,1-3H3,(H2,29,35). The van der Waals surface area contributed by atoms with Gasteiger partial charge in [0.1, 0.15) is 18.4 Å². The van der Waals surface area contributed by atoms with Gasteiger partial charge in [0.15, 0.2) is 0 Å². The third-order valence-electron chi connectivity index (χ3n) is 6.72. The normalized spacial score (nSPS) is 14.3. The van der Waals surface area contributed by atoms with Crippen molar-refractivity contribution >= 4 is 17.8 Å². The first-order chi connectivity index (χ1) is 18.3. The Hall–Kier alpha value is -4.21. The molecule has 2 atom stereocenters. The smallest absolute Gasteiger partial charge is 0.305 e. The molecule has 10 nitrogen and oxygen atoms in total. The maximum Gasteiger partial charge on any atom is 0.305 e. The molecule has 1 aromatic heterocycles. The number of esters is 1. The van der Waals surface area contributed by atoms with Crippen LogP contribution in [0.5, 0.6) is 5.75 Å². The number of nitrogens with zero attached hydrogens (tertiary/aromatic N) is 4. The average molecular weight is 520 g/mol. The summed E-state index contributed by atoms with van der Waals surface area (Å²) in [6, 6.07) is 12.6. The lowest BCUT2D eigenvalue weighted by atomic mass is 9.96. The lowest BCUT2D eigenvalue weighted by Crippen LogP contribution is -2.45. The maximum atomic E-state index is 13.1. The second kappa shape index (κ2) is 11.9. The van der Waals surface area contributed by atoms with Crippen LogP contribution in [0.4, 0.5) is 0 Å². The van der Waals surface area contributed by atoms with Gasteiger partial charge in [-0.3, -0.25) is 14.4 Å². The SMILES string of the molecule is COC(=O)CCC(C(N)=O)N1Cc2c(OCc3ccc(C(CC(C)C)n4ccnn4)cc3)cccc2C1=O. The molecule has 10 heteroatoms. The van der Waals surface area contributed by atoms with E-state index in [4.69, 9.17) is 10.5 Å². The summed E-state index contributed by atoms with van der Waals surface area (Å²) in [7, 11) is 1.27. The molecule has 2 heterocycles. The minimum Gasteiger partial charge on any atom is -0.489 e. The molecule has 200 valence electrons. The third kappa shape index (κ3) is 6.01. The Balaban J connectivity index is 1.46. The molecular formula is C28H33N5O5. The molecule has 2 unspecified atom stereocenters. The van der Waals surface area contributed by atoms with Gasteiger partial charge >= 0.3 is 5.97 Å². The first kappa shape index (κ1) is 26.8. The first-order valence-electron chi connectivity index (χ1n) is 12.6. The van der Waals surface area contributed by atoms with Gasteiger partial charge in [-0.15, -0.1) is 5.10 Å². The molecule has 2 amide bonds. The molecule has 1 aliphatic heterocycles. The number of nitrogens with two attached hydrogens (primary N) is 1. The van der Waals surface area contributed by atoms with E-state index in [1.807, 2.05) is 23.0 Å². The van der Waals surface area contributed by atoms with Gasteiger partial charge in [0.05, 0.1) is 25.9 Å². The van der Waals surface area contributed by atoms with Crippen LogP contribution in [0.25, 0.3) is 0 Å². The number of hydrogen-bond acceptors (Lipinski definition) is 7. The van der Waals surface area contributed by atoms with Crippen LogP contribution in [-0.4, -0.2) is 50.8 Å². The van der Waals surface area contributed by atoms with Crippen molar-refractivity contribution in [2.75, 3.05) is 7.11 Å². The number of benzene rings is 2. The molecule has 0 saturated carbocycles. The number of amides is 2. The molecule has 38 heavy (non-hydrogen) atoms. The first-order valence-corrected chi connectivity index (χ1v) is 12.6. The second-order valence-corrected chi connectivity index (χ2v) is 9.81. The van der Waals surface area contributed by atoms with Gasteiger partial charge < -0.3 is 20.1 Å². The van der Waals surface area contributed by atoms with E-state index in [1.54, 1.807) is 24.4 Å². The summed E-state index contributed by atoms with van der Waals surface area (Å²) in [6.07, 6.45) is 4.58. The van der Waals surface area contributed by atoms with Crippen molar-refractivity contribution in [1.29, 1.82) is 0 Å². The van der Waals surface area contributed by atoms with Gasteiger partial charge in [-0.25, -0.2) is 4.68 Å². The quantitative estimate of drug-likeness (QED) is 0.364. The van der Waals surface area contributed by atoms with Crippen LogP contribution in [0.3, 0.4) is 0 Å². The van der Waals surface area contributed by atoms with Crippen LogP contribution >= 0.6 is 0 Å². The van der Waals surface area contributed by atoms with Gasteiger partial charge in [-0.1, -0.05) is 49.4 Å². The zero-order valence-electron chi connectivity index (χ0n) is 21.9. The number of methoxy groups -OCH3 is 1. The molecular weight excluding hydrogens is 486 g/mol. The largest absolute Gasteiger partial charge is 0.489 e. The molecule has 1 aliphatic rings. The minimum absolute atomic E-state index is 0.0154. The number of hydrogen-bond donors (Lipinski definition) is 1. The topological polar surface area (TPSA) is 130 Å². The Bertz CT molecular complexity index is 1270. The fraction of sp³-hybridized carbons (Fsp3) is 0.393. The highest BCUT2D eigenvalue weighted by molar-refractivity contribution is 6.01. The Kier molecular flexibility index (Phi) is 8.40. The Morgan fingerprint density at radius 2 is 1.89 bits per heavy atom. The van der Waals surface area contributed by atoms with Gasteiger partial charge in [0.25, 0.3) is 5.91 Å². The number of carbonyl (C=O) groups excluding carboxylic acids is 3. The monoisotopic (exact) mass is 519 g/mol. The number of aromatic nitrogens is 3. The molecule has 0 radical (unpaired) electrons. The molecule has 4 rings (SSSR count). The summed E-state index contributed by atoms with van der Waals surface area (Å²) in [5.41, 5.74) is 8.85. The fourth-order valence-electron chi connectivity index (χ4n) is 4.75. The van der Waals surface area contributed by atoms with Crippen molar-refractivity contribution in [2.45, 2.75) is 58.3 Å². The summed E-state index contributed by atoms with van der Waals surface area (Å²) in [4.78, 5) is 38.2. The Morgan fingerprint density at radius 1 is 1.13 bits per heavy atom. The molecule has 0 bridgehead atoms. The zero-order chi connectivity index (χ0) is 27.2. The van der Waals surface area contributed by atoms with E-state index < -0.39 is 17.9 Å². The van der Waals surface area contributed by atoms with Crippen LogP contribution < -0.4 is 10.5 Å². The summed E-state index contributed by atoms with van der Waals surface area (Å²) in [5.74, 6) is -0.387. The minimum atomic E-state index is -0.918. The highest BCUT2D eigenvalue weighted by Crippen LogP contribution is 2.33. The highest BCUT2D eigenvalue weighted by Gasteiger charge is 2.37. The van der Waals surface area contributed by atoms with Crippen LogP contribution in [0.2, 0.25) is 0 Å². The number of primary amides is 1. The number of ether oxygens (including phenoxy) is 2. The average Bonchev–Trinajstić information content (AvgIpc) is 3.55. The Labute approximate surface area is 221 Å². The van der Waals surface area contributed by atoms with E-state index >= 15 is 0 Å². The summed E-state index contributed by atoms with van der Waals surface area (Å²) >= 11 is 0. The van der Waals surface area contributed by atoms with Crippen LogP contribution in [-0.2, 0) is 27.5 Å². The maximum absolute atomic E-state index is 13.1. The van der Waals surface area contributed by atoms with Crippen molar-refractivity contribution in [2.24, 2.45) is 11.7 Å². The molecule has 0 fully saturated rings. The molecule has 0 spiro atoms. The van der Waals surface area contributed by atoms with E-state index in [-0.39, 0.29) is 31.3 Å². The van der Waals surface area contributed by atoms with E-state index in [0.717, 1.165) is 17.5 Å². The number of rotatable bonds is 12. The Morgan fingerprint density at radius 3 is 2.53 bits per heavy atom. The summed E-state index contributed by atoms with van der Waals surface area (Å²) in [5, 5.41) is 8.15. The predicted molar refractivity (Wildman–Crippen MR) is 139 cm³/mol. The molecule has 0 aliphatic carbocycles.